The average Bonchev–Trinajstić information content (AvgIpc) is 2.59. The predicted octanol–water partition coefficient (Wildman–Crippen LogP) is 4.22. The van der Waals surface area contributed by atoms with Crippen molar-refractivity contribution >= 4 is 52.6 Å². The van der Waals surface area contributed by atoms with Crippen LogP contribution in [0.1, 0.15) is 29.4 Å². The molecule has 0 aromatic carbocycles. The van der Waals surface area contributed by atoms with Gasteiger partial charge in [-0.1, -0.05) is 25.6 Å². The lowest BCUT2D eigenvalue weighted by Gasteiger charge is -1.99. The van der Waals surface area contributed by atoms with Gasteiger partial charge < -0.3 is 4.74 Å². The smallest absolute Gasteiger partial charge is 0.350 e. The van der Waals surface area contributed by atoms with Crippen molar-refractivity contribution in [2.45, 2.75) is 24.0 Å². The van der Waals surface area contributed by atoms with E-state index in [1.807, 2.05) is 0 Å². The molecule has 0 unspecified atom stereocenters. The van der Waals surface area contributed by atoms with Crippen molar-refractivity contribution in [1.29, 1.82) is 0 Å². The van der Waals surface area contributed by atoms with Crippen LogP contribution >= 0.6 is 46.7 Å². The SMILES string of the molecule is CCCCSc1sc(=S)sc1C(=O)OC. The third-order valence-corrected chi connectivity index (χ3v) is 5.77. The molecule has 1 aromatic rings. The zero-order valence-corrected chi connectivity index (χ0v) is 11.8. The van der Waals surface area contributed by atoms with E-state index in [4.69, 9.17) is 17.0 Å². The second kappa shape index (κ2) is 6.62. The van der Waals surface area contributed by atoms with Crippen LogP contribution in [0, 0.1) is 3.14 Å². The first-order valence-electron chi connectivity index (χ1n) is 4.54. The number of unbranched alkanes of at least 4 members (excludes halogenated alkanes) is 1. The second-order valence-electron chi connectivity index (χ2n) is 2.76. The summed E-state index contributed by atoms with van der Waals surface area (Å²) >= 11 is 9.63. The minimum Gasteiger partial charge on any atom is -0.465 e. The van der Waals surface area contributed by atoms with Gasteiger partial charge in [0.1, 0.15) is 8.01 Å². The largest absolute Gasteiger partial charge is 0.465 e. The molecular weight excluding hydrogens is 268 g/mol. The number of esters is 1. The van der Waals surface area contributed by atoms with Gasteiger partial charge in [-0.15, -0.1) is 34.4 Å². The molecule has 0 radical (unpaired) electrons. The van der Waals surface area contributed by atoms with Crippen molar-refractivity contribution in [2.24, 2.45) is 0 Å². The van der Waals surface area contributed by atoms with Crippen molar-refractivity contribution in [3.05, 3.63) is 8.01 Å². The first kappa shape index (κ1) is 13.2. The minimum absolute atomic E-state index is 0.272. The van der Waals surface area contributed by atoms with Gasteiger partial charge in [0.15, 0.2) is 0 Å². The molecule has 0 bridgehead atoms. The normalized spacial score (nSPS) is 10.3. The van der Waals surface area contributed by atoms with Crippen molar-refractivity contribution in [3.8, 4) is 0 Å². The van der Waals surface area contributed by atoms with Gasteiger partial charge in [0, 0.05) is 0 Å². The van der Waals surface area contributed by atoms with Gasteiger partial charge in [-0.05, 0) is 12.2 Å². The Morgan fingerprint density at radius 2 is 2.27 bits per heavy atom. The van der Waals surface area contributed by atoms with Gasteiger partial charge in [-0.3, -0.25) is 0 Å². The molecule has 84 valence electrons. The number of carbonyl (C=O) groups excluding carboxylic acids is 1. The van der Waals surface area contributed by atoms with Gasteiger partial charge in [0.2, 0.25) is 0 Å². The number of methoxy groups -OCH3 is 1. The molecule has 0 saturated heterocycles. The van der Waals surface area contributed by atoms with Gasteiger partial charge in [0.05, 0.1) is 11.3 Å². The highest BCUT2D eigenvalue weighted by atomic mass is 32.2. The van der Waals surface area contributed by atoms with Crippen molar-refractivity contribution in [2.75, 3.05) is 12.9 Å². The quantitative estimate of drug-likeness (QED) is 0.349. The number of ether oxygens (including phenoxy) is 1. The second-order valence-corrected chi connectivity index (χ2v) is 7.35. The summed E-state index contributed by atoms with van der Waals surface area (Å²) in [5.74, 6) is 0.758. The molecule has 1 aromatic heterocycles. The highest BCUT2D eigenvalue weighted by Crippen LogP contribution is 2.34. The Hall–Kier alpha value is 0.0900. The van der Waals surface area contributed by atoms with Gasteiger partial charge >= 0.3 is 5.97 Å². The van der Waals surface area contributed by atoms with Gasteiger partial charge in [-0.25, -0.2) is 4.79 Å². The van der Waals surface area contributed by atoms with Crippen LogP contribution in [0.5, 0.6) is 0 Å². The Kier molecular flexibility index (Phi) is 5.81. The van der Waals surface area contributed by atoms with E-state index in [0.717, 1.165) is 25.9 Å². The molecule has 0 saturated carbocycles. The van der Waals surface area contributed by atoms with Crippen molar-refractivity contribution in [1.82, 2.24) is 0 Å². The number of hydrogen-bond acceptors (Lipinski definition) is 6. The van der Waals surface area contributed by atoms with E-state index in [0.29, 0.717) is 4.88 Å². The average molecular weight is 280 g/mol. The zero-order valence-electron chi connectivity index (χ0n) is 8.57. The van der Waals surface area contributed by atoms with Crippen LogP contribution in [0.2, 0.25) is 0 Å². The molecule has 0 fully saturated rings. The topological polar surface area (TPSA) is 26.3 Å². The summed E-state index contributed by atoms with van der Waals surface area (Å²) in [7, 11) is 1.40. The monoisotopic (exact) mass is 280 g/mol. The fourth-order valence-electron chi connectivity index (χ4n) is 0.890. The lowest BCUT2D eigenvalue weighted by molar-refractivity contribution is 0.0603. The Labute approximate surface area is 107 Å². The van der Waals surface area contributed by atoms with Crippen LogP contribution in [-0.4, -0.2) is 18.8 Å². The summed E-state index contributed by atoms with van der Waals surface area (Å²) in [6.45, 7) is 2.15. The molecule has 0 N–H and O–H groups in total. The Balaban J connectivity index is 2.77. The number of rotatable bonds is 5. The molecule has 1 rings (SSSR count). The van der Waals surface area contributed by atoms with Crippen molar-refractivity contribution in [3.63, 3.8) is 0 Å². The van der Waals surface area contributed by atoms with Crippen LogP contribution in [0.4, 0.5) is 0 Å². The molecule has 0 spiro atoms. The summed E-state index contributed by atoms with van der Waals surface area (Å²) in [6, 6.07) is 0. The highest BCUT2D eigenvalue weighted by Gasteiger charge is 2.15. The lowest BCUT2D eigenvalue weighted by Crippen LogP contribution is -1.99. The first-order chi connectivity index (χ1) is 7.19. The van der Waals surface area contributed by atoms with E-state index in [1.165, 1.54) is 29.8 Å². The minimum atomic E-state index is -0.272. The first-order valence-corrected chi connectivity index (χ1v) is 7.56. The fraction of sp³-hybridized carbons (Fsp3) is 0.556. The zero-order chi connectivity index (χ0) is 11.3. The van der Waals surface area contributed by atoms with Crippen LogP contribution < -0.4 is 0 Å². The van der Waals surface area contributed by atoms with Gasteiger partial charge in [-0.2, -0.15) is 0 Å². The molecule has 6 heteroatoms. The van der Waals surface area contributed by atoms with Gasteiger partial charge in [0.25, 0.3) is 0 Å². The maximum Gasteiger partial charge on any atom is 0.350 e. The van der Waals surface area contributed by atoms with Crippen LogP contribution in [-0.2, 0) is 4.74 Å². The summed E-state index contributed by atoms with van der Waals surface area (Å²) in [5.41, 5.74) is 0. The molecule has 0 aliphatic carbocycles. The lowest BCUT2D eigenvalue weighted by atomic mass is 10.4. The number of hydrogen-bond donors (Lipinski definition) is 0. The summed E-state index contributed by atoms with van der Waals surface area (Å²) in [4.78, 5) is 12.1. The fourth-order valence-corrected chi connectivity index (χ4v) is 5.24. The third-order valence-electron chi connectivity index (χ3n) is 1.65. The molecule has 1 heterocycles. The Morgan fingerprint density at radius 3 is 2.87 bits per heavy atom. The van der Waals surface area contributed by atoms with E-state index in [9.17, 15) is 4.79 Å². The summed E-state index contributed by atoms with van der Waals surface area (Å²) in [5, 5.41) is 0. The van der Waals surface area contributed by atoms with E-state index in [-0.39, 0.29) is 5.97 Å². The maximum absolute atomic E-state index is 11.4. The molecule has 2 nitrogen and oxygen atoms in total. The van der Waals surface area contributed by atoms with Crippen LogP contribution in [0.25, 0.3) is 0 Å². The number of thioether (sulfide) groups is 1. The molecule has 0 aliphatic rings. The summed E-state index contributed by atoms with van der Waals surface area (Å²) in [6.07, 6.45) is 2.32. The molecule has 0 amide bonds. The Morgan fingerprint density at radius 1 is 1.53 bits per heavy atom. The third kappa shape index (κ3) is 3.86. The molecule has 0 aliphatic heterocycles. The van der Waals surface area contributed by atoms with E-state index < -0.39 is 0 Å². The van der Waals surface area contributed by atoms with E-state index in [1.54, 1.807) is 11.8 Å². The highest BCUT2D eigenvalue weighted by molar-refractivity contribution is 8.01. The predicted molar refractivity (Wildman–Crippen MR) is 70.0 cm³/mol. The molecule has 15 heavy (non-hydrogen) atoms. The summed E-state index contributed by atoms with van der Waals surface area (Å²) < 4.78 is 6.51. The van der Waals surface area contributed by atoms with Crippen LogP contribution in [0.3, 0.4) is 0 Å². The number of carbonyl (C=O) groups is 1. The maximum atomic E-state index is 11.4. The standard InChI is InChI=1S/C9H12O2S4/c1-3-4-5-13-8-6(7(10)11-2)14-9(12)15-8/h3-5H2,1-2H3. The van der Waals surface area contributed by atoms with Crippen LogP contribution in [0.15, 0.2) is 4.21 Å². The van der Waals surface area contributed by atoms with E-state index in [2.05, 4.69) is 6.92 Å². The molecule has 0 atom stereocenters. The molecular formula is C9H12O2S4. The Bertz CT molecular complexity index is 380. The van der Waals surface area contributed by atoms with Crippen molar-refractivity contribution < 1.29 is 9.53 Å². The van der Waals surface area contributed by atoms with E-state index >= 15 is 0 Å².